The van der Waals surface area contributed by atoms with Gasteiger partial charge in [-0.05, 0) is 59.6 Å². The number of hydrogen-bond donors (Lipinski definition) is 1. The smallest absolute Gasteiger partial charge is 0.346 e. The predicted octanol–water partition coefficient (Wildman–Crippen LogP) is 3.76. The van der Waals surface area contributed by atoms with Gasteiger partial charge in [0.1, 0.15) is 0 Å². The van der Waals surface area contributed by atoms with Crippen molar-refractivity contribution in [1.82, 2.24) is 25.5 Å². The van der Waals surface area contributed by atoms with Crippen molar-refractivity contribution in [2.24, 2.45) is 0 Å². The number of methoxy groups -OCH3 is 1. The van der Waals surface area contributed by atoms with Gasteiger partial charge in [0.2, 0.25) is 0 Å². The number of nitrogens with zero attached hydrogens (tertiary/aromatic N) is 4. The molecule has 0 bridgehead atoms. The lowest BCUT2D eigenvalue weighted by atomic mass is 10.2. The first-order valence-corrected chi connectivity index (χ1v) is 10.3. The SMILES string of the molecule is CCCCOCCCNCc1ccc(Oc2nnnn2-c2ccccc2)c(OC)c1. The fourth-order valence-corrected chi connectivity index (χ4v) is 2.86. The highest BCUT2D eigenvalue weighted by atomic mass is 16.5. The Labute approximate surface area is 177 Å². The second kappa shape index (κ2) is 11.9. The van der Waals surface area contributed by atoms with Gasteiger partial charge in [-0.25, -0.2) is 0 Å². The Balaban J connectivity index is 1.55. The lowest BCUT2D eigenvalue weighted by Crippen LogP contribution is -2.16. The van der Waals surface area contributed by atoms with E-state index in [2.05, 4.69) is 27.8 Å². The minimum absolute atomic E-state index is 0.272. The molecule has 1 aromatic heterocycles. The van der Waals surface area contributed by atoms with Crippen LogP contribution in [-0.4, -0.2) is 47.1 Å². The van der Waals surface area contributed by atoms with Crippen LogP contribution in [0.1, 0.15) is 31.7 Å². The van der Waals surface area contributed by atoms with Crippen LogP contribution in [0.5, 0.6) is 17.5 Å². The third kappa shape index (κ3) is 6.27. The van der Waals surface area contributed by atoms with E-state index in [4.69, 9.17) is 14.2 Å². The summed E-state index contributed by atoms with van der Waals surface area (Å²) in [7, 11) is 1.62. The number of benzene rings is 2. The summed E-state index contributed by atoms with van der Waals surface area (Å²) in [4.78, 5) is 0. The van der Waals surface area contributed by atoms with E-state index in [1.165, 1.54) is 11.1 Å². The van der Waals surface area contributed by atoms with E-state index in [1.54, 1.807) is 7.11 Å². The van der Waals surface area contributed by atoms with Gasteiger partial charge in [-0.15, -0.1) is 0 Å². The number of ether oxygens (including phenoxy) is 3. The molecule has 3 rings (SSSR count). The highest BCUT2D eigenvalue weighted by molar-refractivity contribution is 5.44. The molecular formula is C22H29N5O3. The Kier molecular flexibility index (Phi) is 8.62. The zero-order chi connectivity index (χ0) is 21.0. The van der Waals surface area contributed by atoms with Gasteiger partial charge in [0.25, 0.3) is 0 Å². The molecule has 2 aromatic carbocycles. The predicted molar refractivity (Wildman–Crippen MR) is 114 cm³/mol. The summed E-state index contributed by atoms with van der Waals surface area (Å²) < 4.78 is 18.6. The monoisotopic (exact) mass is 411 g/mol. The molecule has 0 fully saturated rings. The fraction of sp³-hybridized carbons (Fsp3) is 0.409. The van der Waals surface area contributed by atoms with Crippen molar-refractivity contribution >= 4 is 0 Å². The second-order valence-electron chi connectivity index (χ2n) is 6.79. The van der Waals surface area contributed by atoms with Crippen molar-refractivity contribution in [2.75, 3.05) is 26.9 Å². The molecule has 3 aromatic rings. The molecule has 8 heteroatoms. The number of hydrogen-bond acceptors (Lipinski definition) is 7. The van der Waals surface area contributed by atoms with Crippen LogP contribution in [0.2, 0.25) is 0 Å². The molecule has 0 amide bonds. The Morgan fingerprint density at radius 3 is 2.63 bits per heavy atom. The Morgan fingerprint density at radius 2 is 1.83 bits per heavy atom. The lowest BCUT2D eigenvalue weighted by Gasteiger charge is -2.12. The minimum atomic E-state index is 0.272. The highest BCUT2D eigenvalue weighted by Crippen LogP contribution is 2.32. The van der Waals surface area contributed by atoms with E-state index in [9.17, 15) is 0 Å². The van der Waals surface area contributed by atoms with Gasteiger partial charge in [0.05, 0.1) is 12.8 Å². The molecule has 0 saturated carbocycles. The average Bonchev–Trinajstić information content (AvgIpc) is 3.25. The van der Waals surface area contributed by atoms with Gasteiger partial charge in [-0.3, -0.25) is 0 Å². The minimum Gasteiger partial charge on any atom is -0.493 e. The van der Waals surface area contributed by atoms with E-state index < -0.39 is 0 Å². The standard InChI is InChI=1S/C22H29N5O3/c1-3-4-14-29-15-8-13-23-17-18-11-12-20(21(16-18)28-2)30-22-24-25-26-27(22)19-9-6-5-7-10-19/h5-7,9-12,16,23H,3-4,8,13-15,17H2,1-2H3. The number of para-hydroxylation sites is 1. The first-order valence-electron chi connectivity index (χ1n) is 10.3. The Morgan fingerprint density at radius 1 is 1.00 bits per heavy atom. The molecule has 0 aliphatic rings. The maximum absolute atomic E-state index is 5.94. The van der Waals surface area contributed by atoms with Crippen LogP contribution >= 0.6 is 0 Å². The van der Waals surface area contributed by atoms with Crippen molar-refractivity contribution < 1.29 is 14.2 Å². The van der Waals surface area contributed by atoms with Crippen LogP contribution < -0.4 is 14.8 Å². The van der Waals surface area contributed by atoms with Gasteiger partial charge in [-0.1, -0.05) is 42.7 Å². The van der Waals surface area contributed by atoms with Crippen molar-refractivity contribution in [3.05, 3.63) is 54.1 Å². The summed E-state index contributed by atoms with van der Waals surface area (Å²) in [6.07, 6.45) is 3.28. The molecule has 0 unspecified atom stereocenters. The Bertz CT molecular complexity index is 885. The summed E-state index contributed by atoms with van der Waals surface area (Å²) in [6.45, 7) is 5.45. The van der Waals surface area contributed by atoms with Crippen LogP contribution in [0.25, 0.3) is 5.69 Å². The molecule has 30 heavy (non-hydrogen) atoms. The summed E-state index contributed by atoms with van der Waals surface area (Å²) in [5, 5.41) is 15.1. The van der Waals surface area contributed by atoms with Crippen molar-refractivity contribution in [1.29, 1.82) is 0 Å². The quantitative estimate of drug-likeness (QED) is 0.429. The highest BCUT2D eigenvalue weighted by Gasteiger charge is 2.14. The van der Waals surface area contributed by atoms with Crippen LogP contribution in [0.15, 0.2) is 48.5 Å². The third-order valence-electron chi connectivity index (χ3n) is 4.48. The van der Waals surface area contributed by atoms with E-state index in [1.807, 2.05) is 48.5 Å². The maximum Gasteiger partial charge on any atom is 0.346 e. The summed E-state index contributed by atoms with van der Waals surface area (Å²) >= 11 is 0. The van der Waals surface area contributed by atoms with E-state index in [0.29, 0.717) is 11.5 Å². The van der Waals surface area contributed by atoms with Gasteiger partial charge >= 0.3 is 6.01 Å². The normalized spacial score (nSPS) is 10.9. The number of nitrogens with one attached hydrogen (secondary N) is 1. The number of rotatable bonds is 13. The largest absolute Gasteiger partial charge is 0.493 e. The van der Waals surface area contributed by atoms with Gasteiger partial charge in [0.15, 0.2) is 11.5 Å². The average molecular weight is 412 g/mol. The first-order chi connectivity index (χ1) is 14.8. The molecule has 0 radical (unpaired) electrons. The lowest BCUT2D eigenvalue weighted by molar-refractivity contribution is 0.129. The Hall–Kier alpha value is -2.97. The molecule has 0 aliphatic heterocycles. The molecule has 8 nitrogen and oxygen atoms in total. The van der Waals surface area contributed by atoms with E-state index >= 15 is 0 Å². The van der Waals surface area contributed by atoms with E-state index in [0.717, 1.165) is 50.4 Å². The topological polar surface area (TPSA) is 83.3 Å². The number of aromatic nitrogens is 4. The zero-order valence-electron chi connectivity index (χ0n) is 17.6. The fourth-order valence-electron chi connectivity index (χ4n) is 2.86. The van der Waals surface area contributed by atoms with Gasteiger partial charge in [0, 0.05) is 19.8 Å². The maximum atomic E-state index is 5.94. The molecule has 1 heterocycles. The molecule has 1 N–H and O–H groups in total. The second-order valence-corrected chi connectivity index (χ2v) is 6.79. The van der Waals surface area contributed by atoms with Crippen LogP contribution in [0.3, 0.4) is 0 Å². The van der Waals surface area contributed by atoms with Crippen molar-refractivity contribution in [3.8, 4) is 23.2 Å². The van der Waals surface area contributed by atoms with Gasteiger partial charge in [-0.2, -0.15) is 4.68 Å². The summed E-state index contributed by atoms with van der Waals surface area (Å²) in [5.41, 5.74) is 1.92. The number of tetrazole rings is 1. The van der Waals surface area contributed by atoms with E-state index in [-0.39, 0.29) is 6.01 Å². The molecule has 0 atom stereocenters. The first kappa shape index (κ1) is 21.7. The van der Waals surface area contributed by atoms with Crippen LogP contribution in [-0.2, 0) is 11.3 Å². The molecule has 0 aliphatic carbocycles. The van der Waals surface area contributed by atoms with Gasteiger partial charge < -0.3 is 19.5 Å². The summed E-state index contributed by atoms with van der Waals surface area (Å²) in [5.74, 6) is 1.18. The zero-order valence-corrected chi connectivity index (χ0v) is 17.6. The molecular weight excluding hydrogens is 382 g/mol. The molecule has 160 valence electrons. The third-order valence-corrected chi connectivity index (χ3v) is 4.48. The number of unbranched alkanes of at least 4 members (excludes halogenated alkanes) is 1. The van der Waals surface area contributed by atoms with Crippen molar-refractivity contribution in [2.45, 2.75) is 32.7 Å². The summed E-state index contributed by atoms with van der Waals surface area (Å²) in [6, 6.07) is 15.7. The van der Waals surface area contributed by atoms with Crippen molar-refractivity contribution in [3.63, 3.8) is 0 Å². The van der Waals surface area contributed by atoms with Crippen LogP contribution in [0.4, 0.5) is 0 Å². The van der Waals surface area contributed by atoms with Crippen LogP contribution in [0, 0.1) is 0 Å². The molecule has 0 spiro atoms. The molecule has 0 saturated heterocycles.